The van der Waals surface area contributed by atoms with Gasteiger partial charge in [-0.3, -0.25) is 4.79 Å². The summed E-state index contributed by atoms with van der Waals surface area (Å²) in [5.74, 6) is -0.836. The van der Waals surface area contributed by atoms with Crippen LogP contribution in [0.2, 0.25) is 0 Å². The summed E-state index contributed by atoms with van der Waals surface area (Å²) in [5, 5.41) is 2.63. The van der Waals surface area contributed by atoms with E-state index in [9.17, 15) is 14.0 Å². The molecule has 0 unspecified atom stereocenters. The van der Waals surface area contributed by atoms with Crippen LogP contribution < -0.4 is 19.5 Å². The number of ether oxygens (including phenoxy) is 4. The van der Waals surface area contributed by atoms with E-state index in [1.807, 2.05) is 0 Å². The molecule has 0 radical (unpaired) electrons. The fourth-order valence-corrected chi connectivity index (χ4v) is 2.35. The number of rotatable bonds is 6. The molecule has 142 valence electrons. The molecular formula is C19H18FNO6. The van der Waals surface area contributed by atoms with E-state index in [2.05, 4.69) is 5.32 Å². The third-order valence-corrected chi connectivity index (χ3v) is 3.67. The molecule has 1 aliphatic heterocycles. The number of para-hydroxylation sites is 1. The zero-order valence-electron chi connectivity index (χ0n) is 14.6. The first-order valence-electron chi connectivity index (χ1n) is 8.30. The van der Waals surface area contributed by atoms with E-state index in [1.165, 1.54) is 25.1 Å². The van der Waals surface area contributed by atoms with Crippen molar-refractivity contribution in [1.82, 2.24) is 0 Å². The highest BCUT2D eigenvalue weighted by atomic mass is 19.1. The van der Waals surface area contributed by atoms with E-state index in [0.717, 1.165) is 0 Å². The highest BCUT2D eigenvalue weighted by Crippen LogP contribution is 2.32. The number of fused-ring (bicyclic) bond motifs is 1. The number of amides is 1. The van der Waals surface area contributed by atoms with Crippen molar-refractivity contribution in [2.75, 3.05) is 25.1 Å². The molecule has 0 bridgehead atoms. The zero-order valence-corrected chi connectivity index (χ0v) is 14.6. The van der Waals surface area contributed by atoms with Gasteiger partial charge < -0.3 is 24.3 Å². The van der Waals surface area contributed by atoms with Crippen LogP contribution in [0.15, 0.2) is 42.5 Å². The van der Waals surface area contributed by atoms with Crippen LogP contribution >= 0.6 is 0 Å². The average molecular weight is 375 g/mol. The molecule has 7 nitrogen and oxygen atoms in total. The monoisotopic (exact) mass is 375 g/mol. The Bertz CT molecular complexity index is 841. The number of hydrogen-bond donors (Lipinski definition) is 1. The zero-order chi connectivity index (χ0) is 19.2. The third kappa shape index (κ3) is 4.87. The van der Waals surface area contributed by atoms with E-state index in [4.69, 9.17) is 18.9 Å². The molecule has 1 aliphatic rings. The van der Waals surface area contributed by atoms with Crippen molar-refractivity contribution in [3.63, 3.8) is 0 Å². The van der Waals surface area contributed by atoms with Gasteiger partial charge in [0.05, 0.1) is 0 Å². The van der Waals surface area contributed by atoms with Crippen LogP contribution in [-0.2, 0) is 14.3 Å². The molecule has 2 aromatic carbocycles. The number of nitrogens with one attached hydrogen (secondary N) is 1. The summed E-state index contributed by atoms with van der Waals surface area (Å²) in [5.41, 5.74) is 0.481. The molecule has 2 aromatic rings. The minimum absolute atomic E-state index is 0.0668. The SMILES string of the molecule is C[C@H](OC(=O)COc1ccccc1F)C(=O)Nc1ccc2c(c1)OCCO2. The van der Waals surface area contributed by atoms with Gasteiger partial charge in [-0.2, -0.15) is 0 Å². The van der Waals surface area contributed by atoms with Gasteiger partial charge in [0, 0.05) is 11.8 Å². The topological polar surface area (TPSA) is 83.1 Å². The van der Waals surface area contributed by atoms with E-state index < -0.39 is 30.4 Å². The molecule has 0 saturated heterocycles. The van der Waals surface area contributed by atoms with E-state index >= 15 is 0 Å². The predicted octanol–water partition coefficient (Wildman–Crippen LogP) is 2.55. The molecule has 1 heterocycles. The van der Waals surface area contributed by atoms with Gasteiger partial charge >= 0.3 is 5.97 Å². The summed E-state index contributed by atoms with van der Waals surface area (Å²) in [6.07, 6.45) is -1.06. The molecule has 0 aromatic heterocycles. The summed E-state index contributed by atoms with van der Waals surface area (Å²) in [4.78, 5) is 24.0. The quantitative estimate of drug-likeness (QED) is 0.782. The number of anilines is 1. The van der Waals surface area contributed by atoms with Crippen LogP contribution in [0.25, 0.3) is 0 Å². The molecule has 0 saturated carbocycles. The normalized spacial score (nSPS) is 13.4. The second-order valence-electron chi connectivity index (χ2n) is 5.70. The Morgan fingerprint density at radius 2 is 1.89 bits per heavy atom. The minimum atomic E-state index is -1.06. The van der Waals surface area contributed by atoms with Crippen molar-refractivity contribution in [3.05, 3.63) is 48.3 Å². The summed E-state index contributed by atoms with van der Waals surface area (Å²) >= 11 is 0. The first-order chi connectivity index (χ1) is 13.0. The third-order valence-electron chi connectivity index (χ3n) is 3.67. The van der Waals surface area contributed by atoms with Gasteiger partial charge in [0.1, 0.15) is 13.2 Å². The first kappa shape index (κ1) is 18.5. The number of halogens is 1. The number of carbonyl (C=O) groups is 2. The lowest BCUT2D eigenvalue weighted by molar-refractivity contribution is -0.155. The lowest BCUT2D eigenvalue weighted by Gasteiger charge is -2.19. The van der Waals surface area contributed by atoms with Gasteiger partial charge in [0.25, 0.3) is 5.91 Å². The van der Waals surface area contributed by atoms with Crippen molar-refractivity contribution >= 4 is 17.6 Å². The molecule has 1 amide bonds. The summed E-state index contributed by atoms with van der Waals surface area (Å²) in [7, 11) is 0. The number of hydrogen-bond acceptors (Lipinski definition) is 6. The maximum atomic E-state index is 13.4. The van der Waals surface area contributed by atoms with Gasteiger partial charge in [-0.1, -0.05) is 12.1 Å². The van der Waals surface area contributed by atoms with Crippen LogP contribution in [0.1, 0.15) is 6.92 Å². The van der Waals surface area contributed by atoms with E-state index in [-0.39, 0.29) is 5.75 Å². The highest BCUT2D eigenvalue weighted by molar-refractivity contribution is 5.95. The smallest absolute Gasteiger partial charge is 0.344 e. The van der Waals surface area contributed by atoms with Crippen LogP contribution in [0, 0.1) is 5.82 Å². The van der Waals surface area contributed by atoms with Gasteiger partial charge in [-0.05, 0) is 31.2 Å². The molecule has 27 heavy (non-hydrogen) atoms. The Morgan fingerprint density at radius 3 is 2.67 bits per heavy atom. The standard InChI is InChI=1S/C19H18FNO6/c1-12(27-18(22)11-26-15-5-3-2-4-14(15)20)19(23)21-13-6-7-16-17(10-13)25-9-8-24-16/h2-7,10,12H,8-9,11H2,1H3,(H,21,23)/t12-/m0/s1. The summed E-state index contributed by atoms with van der Waals surface area (Å²) < 4.78 is 34.3. The van der Waals surface area contributed by atoms with Crippen LogP contribution in [0.3, 0.4) is 0 Å². The molecule has 0 spiro atoms. The van der Waals surface area contributed by atoms with E-state index in [0.29, 0.717) is 30.4 Å². The van der Waals surface area contributed by atoms with Crippen LogP contribution in [-0.4, -0.2) is 37.8 Å². The number of carbonyl (C=O) groups excluding carboxylic acids is 2. The Labute approximate surface area is 155 Å². The molecule has 3 rings (SSSR count). The maximum Gasteiger partial charge on any atom is 0.344 e. The van der Waals surface area contributed by atoms with Gasteiger partial charge in [-0.25, -0.2) is 9.18 Å². The largest absolute Gasteiger partial charge is 0.486 e. The molecule has 0 fully saturated rings. The first-order valence-corrected chi connectivity index (χ1v) is 8.30. The Balaban J connectivity index is 1.50. The number of esters is 1. The molecule has 1 N–H and O–H groups in total. The van der Waals surface area contributed by atoms with Crippen molar-refractivity contribution in [3.8, 4) is 17.2 Å². The Hall–Kier alpha value is -3.29. The summed E-state index contributed by atoms with van der Waals surface area (Å²) in [6, 6.07) is 10.6. The van der Waals surface area contributed by atoms with Crippen molar-refractivity contribution in [1.29, 1.82) is 0 Å². The number of benzene rings is 2. The average Bonchev–Trinajstić information content (AvgIpc) is 2.67. The molecule has 1 atom stereocenters. The maximum absolute atomic E-state index is 13.4. The molecular weight excluding hydrogens is 357 g/mol. The molecule has 0 aliphatic carbocycles. The minimum Gasteiger partial charge on any atom is -0.486 e. The van der Waals surface area contributed by atoms with Crippen LogP contribution in [0.4, 0.5) is 10.1 Å². The Kier molecular flexibility index (Phi) is 5.75. The lowest BCUT2D eigenvalue weighted by atomic mass is 10.2. The van der Waals surface area contributed by atoms with Crippen molar-refractivity contribution < 1.29 is 32.9 Å². The summed E-state index contributed by atoms with van der Waals surface area (Å²) in [6.45, 7) is 1.82. The Morgan fingerprint density at radius 1 is 1.15 bits per heavy atom. The second kappa shape index (κ2) is 8.39. The fourth-order valence-electron chi connectivity index (χ4n) is 2.35. The fraction of sp³-hybridized carbons (Fsp3) is 0.263. The van der Waals surface area contributed by atoms with Crippen LogP contribution in [0.5, 0.6) is 17.2 Å². The van der Waals surface area contributed by atoms with E-state index in [1.54, 1.807) is 24.3 Å². The highest BCUT2D eigenvalue weighted by Gasteiger charge is 2.20. The predicted molar refractivity (Wildman–Crippen MR) is 93.5 cm³/mol. The van der Waals surface area contributed by atoms with Gasteiger partial charge in [0.2, 0.25) is 0 Å². The second-order valence-corrected chi connectivity index (χ2v) is 5.70. The molecule has 8 heteroatoms. The van der Waals surface area contributed by atoms with Gasteiger partial charge in [-0.15, -0.1) is 0 Å². The van der Waals surface area contributed by atoms with Crippen molar-refractivity contribution in [2.24, 2.45) is 0 Å². The van der Waals surface area contributed by atoms with Crippen molar-refractivity contribution in [2.45, 2.75) is 13.0 Å². The van der Waals surface area contributed by atoms with Gasteiger partial charge in [0.15, 0.2) is 35.8 Å². The lowest BCUT2D eigenvalue weighted by Crippen LogP contribution is -2.31.